The van der Waals surface area contributed by atoms with E-state index >= 15 is 0 Å². The first-order valence-corrected chi connectivity index (χ1v) is 8.43. The normalized spacial score (nSPS) is 11.0. The van der Waals surface area contributed by atoms with Gasteiger partial charge < -0.3 is 9.67 Å². The van der Waals surface area contributed by atoms with E-state index in [1.165, 1.54) is 6.21 Å². The van der Waals surface area contributed by atoms with Gasteiger partial charge in [0.1, 0.15) is 5.75 Å². The molecule has 2 N–H and O–H groups in total. The maximum atomic E-state index is 12.3. The number of nitro benzene ring substituents is 1. The van der Waals surface area contributed by atoms with Gasteiger partial charge in [-0.15, -0.1) is 6.58 Å². The molecule has 0 aliphatic heterocycles. The molecule has 3 aromatic rings. The van der Waals surface area contributed by atoms with Gasteiger partial charge in [0.25, 0.3) is 11.6 Å². The summed E-state index contributed by atoms with van der Waals surface area (Å²) in [6.07, 6.45) is 3.32. The van der Waals surface area contributed by atoms with Crippen molar-refractivity contribution < 1.29 is 14.8 Å². The highest BCUT2D eigenvalue weighted by Crippen LogP contribution is 2.25. The minimum absolute atomic E-state index is 0.225. The summed E-state index contributed by atoms with van der Waals surface area (Å²) in [4.78, 5) is 22.5. The molecule has 0 aliphatic rings. The molecule has 1 aromatic heterocycles. The molecule has 0 fully saturated rings. The average Bonchev–Trinajstić information content (AvgIpc) is 2.94. The third kappa shape index (κ3) is 3.48. The lowest BCUT2D eigenvalue weighted by molar-refractivity contribution is -0.384. The Bertz CT molecular complexity index is 1110. The van der Waals surface area contributed by atoms with Crippen LogP contribution in [0, 0.1) is 17.0 Å². The number of aromatic nitrogens is 1. The Hall–Kier alpha value is -3.94. The number of hydrogen-bond donors (Lipinski definition) is 2. The van der Waals surface area contributed by atoms with Crippen LogP contribution in [0.2, 0.25) is 0 Å². The number of allylic oxidation sites excluding steroid dienone is 1. The summed E-state index contributed by atoms with van der Waals surface area (Å²) in [6.45, 7) is 6.35. The van der Waals surface area contributed by atoms with Crippen molar-refractivity contribution in [2.45, 2.75) is 13.5 Å². The van der Waals surface area contributed by atoms with Gasteiger partial charge in [0.15, 0.2) is 0 Å². The fourth-order valence-electron chi connectivity index (χ4n) is 3.02. The third-order valence-electron chi connectivity index (χ3n) is 4.39. The number of phenolic OH excluding ortho intramolecular Hbond substituents is 1. The van der Waals surface area contributed by atoms with E-state index in [1.807, 2.05) is 31.2 Å². The number of aromatic hydroxyl groups is 1. The van der Waals surface area contributed by atoms with Crippen LogP contribution in [0.15, 0.2) is 60.2 Å². The summed E-state index contributed by atoms with van der Waals surface area (Å²) in [5.41, 5.74) is 4.59. The van der Waals surface area contributed by atoms with E-state index in [4.69, 9.17) is 0 Å². The molecular formula is C20H18N4O4. The number of non-ortho nitro benzene ring substituents is 1. The highest BCUT2D eigenvalue weighted by atomic mass is 16.6. The van der Waals surface area contributed by atoms with Crippen LogP contribution in [0.1, 0.15) is 21.6 Å². The molecule has 0 unspecified atom stereocenters. The maximum absolute atomic E-state index is 12.3. The summed E-state index contributed by atoms with van der Waals surface area (Å²) >= 11 is 0. The number of nitrogens with one attached hydrogen (secondary N) is 1. The molecule has 8 nitrogen and oxygen atoms in total. The number of para-hydroxylation sites is 1. The Kier molecular flexibility index (Phi) is 5.21. The van der Waals surface area contributed by atoms with Crippen LogP contribution in [-0.4, -0.2) is 26.7 Å². The molecule has 0 saturated carbocycles. The second kappa shape index (κ2) is 7.75. The zero-order valence-electron chi connectivity index (χ0n) is 15.1. The molecule has 0 radical (unpaired) electrons. The molecule has 0 aliphatic carbocycles. The Morgan fingerprint density at radius 3 is 2.82 bits per heavy atom. The number of amides is 1. The van der Waals surface area contributed by atoms with Gasteiger partial charge in [0, 0.05) is 40.8 Å². The van der Waals surface area contributed by atoms with E-state index in [0.717, 1.165) is 40.4 Å². The van der Waals surface area contributed by atoms with E-state index in [-0.39, 0.29) is 17.0 Å². The second-order valence-corrected chi connectivity index (χ2v) is 6.07. The van der Waals surface area contributed by atoms with Crippen LogP contribution in [-0.2, 0) is 6.54 Å². The van der Waals surface area contributed by atoms with Gasteiger partial charge in [-0.25, -0.2) is 5.43 Å². The number of hydrogen-bond acceptors (Lipinski definition) is 5. The molecule has 0 bridgehead atoms. The van der Waals surface area contributed by atoms with Crippen molar-refractivity contribution in [2.24, 2.45) is 5.10 Å². The SMILES string of the molecule is C=CCn1c(C)c(/C=N/NC(=O)c2cc([N+](=O)[O-])ccc2O)c2ccccc21. The summed E-state index contributed by atoms with van der Waals surface area (Å²) in [5.74, 6) is -1.11. The predicted octanol–water partition coefficient (Wildman–Crippen LogP) is 3.51. The first-order valence-electron chi connectivity index (χ1n) is 8.43. The fourth-order valence-corrected chi connectivity index (χ4v) is 3.02. The van der Waals surface area contributed by atoms with Crippen molar-refractivity contribution in [2.75, 3.05) is 0 Å². The summed E-state index contributed by atoms with van der Waals surface area (Å²) in [7, 11) is 0. The zero-order valence-corrected chi connectivity index (χ0v) is 15.1. The van der Waals surface area contributed by atoms with Crippen molar-refractivity contribution in [1.29, 1.82) is 0 Å². The number of phenols is 1. The topological polar surface area (TPSA) is 110 Å². The Morgan fingerprint density at radius 1 is 1.36 bits per heavy atom. The van der Waals surface area contributed by atoms with Crippen molar-refractivity contribution in [3.05, 3.63) is 82.1 Å². The van der Waals surface area contributed by atoms with Crippen molar-refractivity contribution >= 4 is 28.7 Å². The highest BCUT2D eigenvalue weighted by molar-refractivity contribution is 6.02. The highest BCUT2D eigenvalue weighted by Gasteiger charge is 2.16. The minimum Gasteiger partial charge on any atom is -0.507 e. The molecule has 0 saturated heterocycles. The molecule has 8 heteroatoms. The lowest BCUT2D eigenvalue weighted by Crippen LogP contribution is -2.18. The van der Waals surface area contributed by atoms with E-state index < -0.39 is 10.8 Å². The van der Waals surface area contributed by atoms with Crippen molar-refractivity contribution in [3.8, 4) is 5.75 Å². The molecule has 1 heterocycles. The predicted molar refractivity (Wildman–Crippen MR) is 107 cm³/mol. The van der Waals surface area contributed by atoms with Crippen LogP contribution >= 0.6 is 0 Å². The van der Waals surface area contributed by atoms with Crippen LogP contribution < -0.4 is 5.43 Å². The molecule has 0 spiro atoms. The van der Waals surface area contributed by atoms with E-state index in [9.17, 15) is 20.0 Å². The lowest BCUT2D eigenvalue weighted by Gasteiger charge is -2.04. The molecule has 3 rings (SSSR count). The molecular weight excluding hydrogens is 360 g/mol. The smallest absolute Gasteiger partial charge is 0.275 e. The minimum atomic E-state index is -0.745. The number of benzene rings is 2. The van der Waals surface area contributed by atoms with Gasteiger partial charge in [0.05, 0.1) is 16.7 Å². The standard InChI is InChI=1S/C20H18N4O4/c1-3-10-23-13(2)17(15-6-4-5-7-18(15)23)12-21-22-20(26)16-11-14(24(27)28)8-9-19(16)25/h3-9,11-12,25H,1,10H2,2H3,(H,22,26)/b21-12+. The largest absolute Gasteiger partial charge is 0.507 e. The number of carbonyl (C=O) groups is 1. The molecule has 142 valence electrons. The van der Waals surface area contributed by atoms with Gasteiger partial charge in [-0.1, -0.05) is 24.3 Å². The molecule has 1 amide bonds. The maximum Gasteiger partial charge on any atom is 0.275 e. The van der Waals surface area contributed by atoms with Gasteiger partial charge >= 0.3 is 0 Å². The van der Waals surface area contributed by atoms with Crippen LogP contribution in [0.25, 0.3) is 10.9 Å². The second-order valence-electron chi connectivity index (χ2n) is 6.07. The van der Waals surface area contributed by atoms with Crippen LogP contribution in [0.3, 0.4) is 0 Å². The van der Waals surface area contributed by atoms with Gasteiger partial charge in [-0.3, -0.25) is 14.9 Å². The summed E-state index contributed by atoms with van der Waals surface area (Å²) in [6, 6.07) is 11.0. The van der Waals surface area contributed by atoms with E-state index in [0.29, 0.717) is 6.54 Å². The van der Waals surface area contributed by atoms with Crippen molar-refractivity contribution in [1.82, 2.24) is 9.99 Å². The number of carbonyl (C=O) groups excluding carboxylic acids is 1. The first-order chi connectivity index (χ1) is 13.4. The van der Waals surface area contributed by atoms with Gasteiger partial charge in [-0.2, -0.15) is 5.10 Å². The Morgan fingerprint density at radius 2 is 2.11 bits per heavy atom. The van der Waals surface area contributed by atoms with Crippen LogP contribution in [0.4, 0.5) is 5.69 Å². The molecule has 28 heavy (non-hydrogen) atoms. The number of nitrogens with zero attached hydrogens (tertiary/aromatic N) is 3. The van der Waals surface area contributed by atoms with Gasteiger partial charge in [-0.05, 0) is 19.1 Å². The third-order valence-corrected chi connectivity index (χ3v) is 4.39. The number of nitro groups is 1. The number of fused-ring (bicyclic) bond motifs is 1. The van der Waals surface area contributed by atoms with Gasteiger partial charge in [0.2, 0.25) is 0 Å². The summed E-state index contributed by atoms with van der Waals surface area (Å²) < 4.78 is 2.08. The quantitative estimate of drug-likeness (QED) is 0.296. The fraction of sp³-hybridized carbons (Fsp3) is 0.100. The Balaban J connectivity index is 1.89. The molecule has 2 aromatic carbocycles. The molecule has 0 atom stereocenters. The first kappa shape index (κ1) is 18.8. The lowest BCUT2D eigenvalue weighted by atomic mass is 10.1. The number of hydrazone groups is 1. The van der Waals surface area contributed by atoms with E-state index in [2.05, 4.69) is 21.7 Å². The summed E-state index contributed by atoms with van der Waals surface area (Å²) in [5, 5.41) is 25.6. The monoisotopic (exact) mass is 378 g/mol. The Labute approximate surface area is 160 Å². The average molecular weight is 378 g/mol. The number of rotatable bonds is 6. The van der Waals surface area contributed by atoms with Crippen LogP contribution in [0.5, 0.6) is 5.75 Å². The zero-order chi connectivity index (χ0) is 20.3. The van der Waals surface area contributed by atoms with Crippen molar-refractivity contribution in [3.63, 3.8) is 0 Å². The van der Waals surface area contributed by atoms with E-state index in [1.54, 1.807) is 6.08 Å².